The Morgan fingerprint density at radius 3 is 2.13 bits per heavy atom. The third kappa shape index (κ3) is 6.72. The fourth-order valence-electron chi connectivity index (χ4n) is 2.14. The quantitative estimate of drug-likeness (QED) is 0.514. The molecule has 0 unspecified atom stereocenters. The molecule has 0 heterocycles. The summed E-state index contributed by atoms with van der Waals surface area (Å²) < 4.78 is 10.3. The van der Waals surface area contributed by atoms with E-state index in [1.54, 1.807) is 17.0 Å². The lowest BCUT2D eigenvalue weighted by Gasteiger charge is -2.17. The molecule has 0 saturated carbocycles. The molecular weight excluding hydrogens is 294 g/mol. The molecule has 0 aliphatic rings. The largest absolute Gasteiger partial charge is 0.462 e. The van der Waals surface area contributed by atoms with Gasteiger partial charge in [0, 0.05) is 19.5 Å². The lowest BCUT2D eigenvalue weighted by molar-refractivity contribution is 0.0462. The van der Waals surface area contributed by atoms with E-state index in [0.29, 0.717) is 25.1 Å². The average Bonchev–Trinajstić information content (AvgIpc) is 2.56. The second-order valence-corrected chi connectivity index (χ2v) is 5.22. The molecule has 0 atom stereocenters. The lowest BCUT2D eigenvalue weighted by Crippen LogP contribution is -2.31. The van der Waals surface area contributed by atoms with E-state index in [1.165, 1.54) is 5.56 Å². The van der Waals surface area contributed by atoms with Crippen molar-refractivity contribution in [1.29, 1.82) is 0 Å². The summed E-state index contributed by atoms with van der Waals surface area (Å²) in [6.07, 6.45) is 2.25. The van der Waals surface area contributed by atoms with Gasteiger partial charge in [-0.3, -0.25) is 0 Å². The van der Waals surface area contributed by atoms with Crippen LogP contribution < -0.4 is 0 Å². The first-order chi connectivity index (χ1) is 11.1. The number of hydrogen-bond acceptors (Lipinski definition) is 4. The Bertz CT molecular complexity index is 480. The Labute approximate surface area is 138 Å². The Morgan fingerprint density at radius 2 is 1.57 bits per heavy atom. The predicted molar refractivity (Wildman–Crippen MR) is 89.6 cm³/mol. The fraction of sp³-hybridized carbons (Fsp3) is 0.556. The third-order valence-corrected chi connectivity index (χ3v) is 3.50. The normalized spacial score (nSPS) is 10.2. The molecule has 1 aromatic rings. The zero-order chi connectivity index (χ0) is 17.1. The molecule has 0 bridgehead atoms. The summed E-state index contributed by atoms with van der Waals surface area (Å²) in [5.74, 6) is -0.344. The van der Waals surface area contributed by atoms with Gasteiger partial charge in [0.25, 0.3) is 0 Å². The molecule has 1 aromatic carbocycles. The maximum absolute atomic E-state index is 11.9. The standard InChI is InChI=1S/C18H27NO4/c1-4-8-15-9-11-16(12-10-15)17(20)22-13-7-14-23-18(21)19(5-2)6-3/h9-12H,4-8,13-14H2,1-3H3. The van der Waals surface area contributed by atoms with Crippen molar-refractivity contribution in [3.8, 4) is 0 Å². The molecule has 23 heavy (non-hydrogen) atoms. The molecule has 1 amide bonds. The second-order valence-electron chi connectivity index (χ2n) is 5.22. The summed E-state index contributed by atoms with van der Waals surface area (Å²) in [7, 11) is 0. The van der Waals surface area contributed by atoms with Crippen molar-refractivity contribution in [2.75, 3.05) is 26.3 Å². The van der Waals surface area contributed by atoms with Gasteiger partial charge in [-0.25, -0.2) is 9.59 Å². The van der Waals surface area contributed by atoms with Crippen LogP contribution in [0.15, 0.2) is 24.3 Å². The summed E-state index contributed by atoms with van der Waals surface area (Å²) >= 11 is 0. The smallest absolute Gasteiger partial charge is 0.409 e. The van der Waals surface area contributed by atoms with Gasteiger partial charge in [-0.15, -0.1) is 0 Å². The van der Waals surface area contributed by atoms with Crippen LogP contribution in [0.1, 0.15) is 49.5 Å². The summed E-state index contributed by atoms with van der Waals surface area (Å²) in [5.41, 5.74) is 1.76. The molecule has 0 N–H and O–H groups in total. The topological polar surface area (TPSA) is 55.8 Å². The number of carbonyl (C=O) groups excluding carboxylic acids is 2. The number of nitrogens with zero attached hydrogens (tertiary/aromatic N) is 1. The molecular formula is C18H27NO4. The maximum atomic E-state index is 11.9. The van der Waals surface area contributed by atoms with Gasteiger partial charge in [-0.1, -0.05) is 25.5 Å². The lowest BCUT2D eigenvalue weighted by atomic mass is 10.1. The van der Waals surface area contributed by atoms with E-state index in [9.17, 15) is 9.59 Å². The highest BCUT2D eigenvalue weighted by atomic mass is 16.6. The van der Waals surface area contributed by atoms with Crippen LogP contribution >= 0.6 is 0 Å². The van der Waals surface area contributed by atoms with Crippen LogP contribution in [0.25, 0.3) is 0 Å². The van der Waals surface area contributed by atoms with Crippen LogP contribution in [0, 0.1) is 0 Å². The number of esters is 1. The van der Waals surface area contributed by atoms with Crippen molar-refractivity contribution in [3.05, 3.63) is 35.4 Å². The number of carbonyl (C=O) groups is 2. The first-order valence-corrected chi connectivity index (χ1v) is 8.30. The molecule has 128 valence electrons. The SMILES string of the molecule is CCCc1ccc(C(=O)OCCCOC(=O)N(CC)CC)cc1. The van der Waals surface area contributed by atoms with Crippen LogP contribution in [-0.2, 0) is 15.9 Å². The Hall–Kier alpha value is -2.04. The van der Waals surface area contributed by atoms with E-state index < -0.39 is 0 Å². The van der Waals surface area contributed by atoms with E-state index in [1.807, 2.05) is 26.0 Å². The van der Waals surface area contributed by atoms with Crippen LogP contribution in [0.3, 0.4) is 0 Å². The van der Waals surface area contributed by atoms with Crippen LogP contribution in [0.5, 0.6) is 0 Å². The number of rotatable bonds is 9. The number of aryl methyl sites for hydroxylation is 1. The number of benzene rings is 1. The minimum Gasteiger partial charge on any atom is -0.462 e. The molecule has 0 saturated heterocycles. The number of ether oxygens (including phenoxy) is 2. The molecule has 0 aliphatic heterocycles. The summed E-state index contributed by atoms with van der Waals surface area (Å²) in [5, 5.41) is 0. The van der Waals surface area contributed by atoms with Gasteiger partial charge >= 0.3 is 12.1 Å². The summed E-state index contributed by atoms with van der Waals surface area (Å²) in [6.45, 7) is 7.65. The van der Waals surface area contributed by atoms with E-state index in [0.717, 1.165) is 12.8 Å². The Kier molecular flexibility index (Phi) is 8.80. The van der Waals surface area contributed by atoms with Gasteiger partial charge in [-0.2, -0.15) is 0 Å². The van der Waals surface area contributed by atoms with Crippen molar-refractivity contribution in [2.24, 2.45) is 0 Å². The first kappa shape index (κ1) is 19.0. The third-order valence-electron chi connectivity index (χ3n) is 3.50. The van der Waals surface area contributed by atoms with Gasteiger partial charge in [0.1, 0.15) is 0 Å². The van der Waals surface area contributed by atoms with Crippen molar-refractivity contribution >= 4 is 12.1 Å². The highest BCUT2D eigenvalue weighted by Gasteiger charge is 2.10. The van der Waals surface area contributed by atoms with Crippen molar-refractivity contribution in [3.63, 3.8) is 0 Å². The molecule has 0 spiro atoms. The van der Waals surface area contributed by atoms with Crippen molar-refractivity contribution in [1.82, 2.24) is 4.90 Å². The minimum absolute atomic E-state index is 0.237. The molecule has 0 aromatic heterocycles. The Balaban J connectivity index is 2.25. The van der Waals surface area contributed by atoms with Crippen molar-refractivity contribution in [2.45, 2.75) is 40.0 Å². The van der Waals surface area contributed by atoms with E-state index >= 15 is 0 Å². The van der Waals surface area contributed by atoms with Gasteiger partial charge in [0.15, 0.2) is 0 Å². The summed E-state index contributed by atoms with van der Waals surface area (Å²) in [4.78, 5) is 25.1. The molecule has 0 radical (unpaired) electrons. The van der Waals surface area contributed by atoms with E-state index in [-0.39, 0.29) is 25.3 Å². The van der Waals surface area contributed by atoms with Gasteiger partial charge in [0.2, 0.25) is 0 Å². The second kappa shape index (κ2) is 10.6. The van der Waals surface area contributed by atoms with E-state index in [4.69, 9.17) is 9.47 Å². The van der Waals surface area contributed by atoms with Crippen LogP contribution in [0.4, 0.5) is 4.79 Å². The molecule has 0 aliphatic carbocycles. The molecule has 1 rings (SSSR count). The van der Waals surface area contributed by atoms with Crippen molar-refractivity contribution < 1.29 is 19.1 Å². The zero-order valence-corrected chi connectivity index (χ0v) is 14.3. The monoisotopic (exact) mass is 321 g/mol. The first-order valence-electron chi connectivity index (χ1n) is 8.30. The van der Waals surface area contributed by atoms with Gasteiger partial charge in [-0.05, 0) is 38.0 Å². The molecule has 5 nitrogen and oxygen atoms in total. The highest BCUT2D eigenvalue weighted by Crippen LogP contribution is 2.08. The fourth-order valence-corrected chi connectivity index (χ4v) is 2.14. The Morgan fingerprint density at radius 1 is 0.957 bits per heavy atom. The van der Waals surface area contributed by atoms with Gasteiger partial charge < -0.3 is 14.4 Å². The van der Waals surface area contributed by atoms with Gasteiger partial charge in [0.05, 0.1) is 18.8 Å². The van der Waals surface area contributed by atoms with Crippen LogP contribution in [0.2, 0.25) is 0 Å². The number of hydrogen-bond donors (Lipinski definition) is 0. The van der Waals surface area contributed by atoms with Crippen LogP contribution in [-0.4, -0.2) is 43.3 Å². The molecule has 5 heteroatoms. The number of amides is 1. The minimum atomic E-state index is -0.344. The summed E-state index contributed by atoms with van der Waals surface area (Å²) in [6, 6.07) is 7.47. The van der Waals surface area contributed by atoms with E-state index in [2.05, 4.69) is 6.92 Å². The average molecular weight is 321 g/mol. The maximum Gasteiger partial charge on any atom is 0.409 e. The zero-order valence-electron chi connectivity index (χ0n) is 14.3. The predicted octanol–water partition coefficient (Wildman–Crippen LogP) is 3.66. The molecule has 0 fully saturated rings. The highest BCUT2D eigenvalue weighted by molar-refractivity contribution is 5.89.